The number of aryl methyl sites for hydroxylation is 1. The first-order valence-corrected chi connectivity index (χ1v) is 8.31. The highest BCUT2D eigenvalue weighted by Gasteiger charge is 2.10. The number of anilines is 1. The van der Waals surface area contributed by atoms with E-state index in [1.165, 1.54) is 51.4 Å². The lowest BCUT2D eigenvalue weighted by Gasteiger charge is -2.06. The topological polar surface area (TPSA) is 26.0 Å². The van der Waals surface area contributed by atoms with Crippen molar-refractivity contribution in [2.75, 3.05) is 5.73 Å². The van der Waals surface area contributed by atoms with Crippen LogP contribution in [0.15, 0.2) is 36.4 Å². The molecule has 0 aliphatic heterocycles. The van der Waals surface area contributed by atoms with Gasteiger partial charge in [-0.2, -0.15) is 0 Å². The van der Waals surface area contributed by atoms with Gasteiger partial charge in [0.15, 0.2) is 0 Å². The number of fused-ring (bicyclic) bond motifs is 3. The number of unbranched alkanes of at least 4 members (excludes halogenated alkanes) is 3. The maximum atomic E-state index is 6.41. The predicted octanol–water partition coefficient (Wildman–Crippen LogP) is 5.76. The van der Waals surface area contributed by atoms with E-state index in [1.807, 2.05) is 11.3 Å². The molecular formula is C18H21NS. The van der Waals surface area contributed by atoms with Gasteiger partial charge in [-0.3, -0.25) is 0 Å². The van der Waals surface area contributed by atoms with Gasteiger partial charge in [0.2, 0.25) is 0 Å². The van der Waals surface area contributed by atoms with Crippen LogP contribution < -0.4 is 5.73 Å². The Morgan fingerprint density at radius 2 is 1.80 bits per heavy atom. The minimum Gasteiger partial charge on any atom is -0.397 e. The standard InChI is InChI=1S/C18H21NS/c1-2-3-4-5-8-13-11-12-15-14-9-6-7-10-16(14)20-18(15)17(13)19/h6-7,9-12H,2-5,8,19H2,1H3. The maximum absolute atomic E-state index is 6.41. The number of hydrogen-bond acceptors (Lipinski definition) is 2. The molecule has 104 valence electrons. The molecule has 0 fully saturated rings. The molecule has 0 spiro atoms. The third-order valence-electron chi connectivity index (χ3n) is 3.98. The molecule has 2 heteroatoms. The number of benzene rings is 2. The van der Waals surface area contributed by atoms with Crippen molar-refractivity contribution in [2.45, 2.75) is 39.0 Å². The highest BCUT2D eigenvalue weighted by atomic mass is 32.1. The van der Waals surface area contributed by atoms with Gasteiger partial charge in [-0.25, -0.2) is 0 Å². The molecule has 0 unspecified atom stereocenters. The summed E-state index contributed by atoms with van der Waals surface area (Å²) in [7, 11) is 0. The van der Waals surface area contributed by atoms with Crippen LogP contribution in [0.1, 0.15) is 38.2 Å². The van der Waals surface area contributed by atoms with Crippen molar-refractivity contribution >= 4 is 37.2 Å². The Hall–Kier alpha value is -1.54. The van der Waals surface area contributed by atoms with E-state index in [-0.39, 0.29) is 0 Å². The Morgan fingerprint density at radius 1 is 0.950 bits per heavy atom. The molecule has 3 aromatic rings. The fourth-order valence-electron chi connectivity index (χ4n) is 2.81. The second-order valence-corrected chi connectivity index (χ2v) is 6.48. The number of nitrogen functional groups attached to an aromatic ring is 1. The average molecular weight is 283 g/mol. The van der Waals surface area contributed by atoms with E-state index in [0.29, 0.717) is 0 Å². The number of rotatable bonds is 5. The Morgan fingerprint density at radius 3 is 2.65 bits per heavy atom. The summed E-state index contributed by atoms with van der Waals surface area (Å²) >= 11 is 1.82. The minimum atomic E-state index is 1.00. The number of hydrogen-bond donors (Lipinski definition) is 1. The van der Waals surface area contributed by atoms with E-state index in [2.05, 4.69) is 43.3 Å². The van der Waals surface area contributed by atoms with Crippen molar-refractivity contribution in [2.24, 2.45) is 0 Å². The lowest BCUT2D eigenvalue weighted by molar-refractivity contribution is 0.667. The zero-order chi connectivity index (χ0) is 13.9. The van der Waals surface area contributed by atoms with Crippen LogP contribution in [0.5, 0.6) is 0 Å². The average Bonchev–Trinajstić information content (AvgIpc) is 2.85. The summed E-state index contributed by atoms with van der Waals surface area (Å²) in [6.45, 7) is 2.25. The van der Waals surface area contributed by atoms with Crippen molar-refractivity contribution in [1.82, 2.24) is 0 Å². The van der Waals surface area contributed by atoms with Gasteiger partial charge >= 0.3 is 0 Å². The molecule has 0 aliphatic carbocycles. The van der Waals surface area contributed by atoms with Crippen LogP contribution in [0.3, 0.4) is 0 Å². The normalized spacial score (nSPS) is 11.4. The lowest BCUT2D eigenvalue weighted by atomic mass is 10.0. The highest BCUT2D eigenvalue weighted by Crippen LogP contribution is 2.38. The van der Waals surface area contributed by atoms with Gasteiger partial charge < -0.3 is 5.73 Å². The van der Waals surface area contributed by atoms with Crippen LogP contribution in [0.25, 0.3) is 20.2 Å². The lowest BCUT2D eigenvalue weighted by Crippen LogP contribution is -1.94. The van der Waals surface area contributed by atoms with E-state index >= 15 is 0 Å². The first-order chi connectivity index (χ1) is 9.81. The van der Waals surface area contributed by atoms with Crippen molar-refractivity contribution in [3.8, 4) is 0 Å². The van der Waals surface area contributed by atoms with Gasteiger partial charge in [0.1, 0.15) is 0 Å². The van der Waals surface area contributed by atoms with E-state index in [0.717, 1.165) is 12.1 Å². The van der Waals surface area contributed by atoms with Gasteiger partial charge in [-0.1, -0.05) is 56.5 Å². The molecule has 0 saturated carbocycles. The van der Waals surface area contributed by atoms with E-state index < -0.39 is 0 Å². The first kappa shape index (κ1) is 13.4. The molecule has 2 N–H and O–H groups in total. The fraction of sp³-hybridized carbons (Fsp3) is 0.333. The second-order valence-electron chi connectivity index (χ2n) is 5.42. The highest BCUT2D eigenvalue weighted by molar-refractivity contribution is 7.26. The molecule has 2 aromatic carbocycles. The molecule has 20 heavy (non-hydrogen) atoms. The SMILES string of the molecule is CCCCCCc1ccc2c(sc3ccccc32)c1N. The molecule has 0 aliphatic rings. The van der Waals surface area contributed by atoms with E-state index in [9.17, 15) is 0 Å². The van der Waals surface area contributed by atoms with Crippen LogP contribution in [0.2, 0.25) is 0 Å². The Bertz CT molecular complexity index is 727. The summed E-state index contributed by atoms with van der Waals surface area (Å²) in [5.41, 5.74) is 8.73. The zero-order valence-corrected chi connectivity index (χ0v) is 12.8. The van der Waals surface area contributed by atoms with Crippen LogP contribution in [-0.2, 0) is 6.42 Å². The second kappa shape index (κ2) is 5.84. The first-order valence-electron chi connectivity index (χ1n) is 7.50. The van der Waals surface area contributed by atoms with Crippen LogP contribution >= 0.6 is 11.3 Å². The Kier molecular flexibility index (Phi) is 3.93. The van der Waals surface area contributed by atoms with Crippen molar-refractivity contribution in [3.05, 3.63) is 42.0 Å². The molecule has 0 radical (unpaired) electrons. The Balaban J connectivity index is 1.96. The third-order valence-corrected chi connectivity index (χ3v) is 5.20. The molecule has 1 aromatic heterocycles. The molecule has 0 bridgehead atoms. The van der Waals surface area contributed by atoms with Gasteiger partial charge in [-0.05, 0) is 24.5 Å². The molecule has 0 atom stereocenters. The maximum Gasteiger partial charge on any atom is 0.0587 e. The monoisotopic (exact) mass is 283 g/mol. The zero-order valence-electron chi connectivity index (χ0n) is 12.0. The molecule has 0 saturated heterocycles. The molecule has 3 rings (SSSR count). The molecular weight excluding hydrogens is 262 g/mol. The van der Waals surface area contributed by atoms with Gasteiger partial charge in [-0.15, -0.1) is 11.3 Å². The van der Waals surface area contributed by atoms with E-state index in [1.54, 1.807) is 0 Å². The van der Waals surface area contributed by atoms with E-state index in [4.69, 9.17) is 5.73 Å². The largest absolute Gasteiger partial charge is 0.397 e. The number of thiophene rings is 1. The third kappa shape index (κ3) is 2.40. The summed E-state index contributed by atoms with van der Waals surface area (Å²) in [4.78, 5) is 0. The van der Waals surface area contributed by atoms with Crippen molar-refractivity contribution in [1.29, 1.82) is 0 Å². The van der Waals surface area contributed by atoms with Crippen LogP contribution in [0, 0.1) is 0 Å². The fourth-order valence-corrected chi connectivity index (χ4v) is 3.99. The molecule has 0 amide bonds. The van der Waals surface area contributed by atoms with Gasteiger partial charge in [0.25, 0.3) is 0 Å². The van der Waals surface area contributed by atoms with Crippen molar-refractivity contribution in [3.63, 3.8) is 0 Å². The van der Waals surface area contributed by atoms with Crippen LogP contribution in [-0.4, -0.2) is 0 Å². The summed E-state index contributed by atoms with van der Waals surface area (Å²) in [5.74, 6) is 0. The minimum absolute atomic E-state index is 1.00. The molecule has 1 nitrogen and oxygen atoms in total. The summed E-state index contributed by atoms with van der Waals surface area (Å²) in [6.07, 6.45) is 6.26. The van der Waals surface area contributed by atoms with Crippen molar-refractivity contribution < 1.29 is 0 Å². The quantitative estimate of drug-likeness (QED) is 0.467. The summed E-state index contributed by atoms with van der Waals surface area (Å²) in [5, 5.41) is 2.64. The Labute approximate surface area is 124 Å². The summed E-state index contributed by atoms with van der Waals surface area (Å²) in [6, 6.07) is 13.0. The smallest absolute Gasteiger partial charge is 0.0587 e. The summed E-state index contributed by atoms with van der Waals surface area (Å²) < 4.78 is 2.59. The number of nitrogens with two attached hydrogens (primary N) is 1. The molecule has 1 heterocycles. The van der Waals surface area contributed by atoms with Crippen LogP contribution in [0.4, 0.5) is 5.69 Å². The van der Waals surface area contributed by atoms with Gasteiger partial charge in [0, 0.05) is 15.5 Å². The van der Waals surface area contributed by atoms with Gasteiger partial charge in [0.05, 0.1) is 10.4 Å². The predicted molar refractivity (Wildman–Crippen MR) is 91.6 cm³/mol.